The molecule has 0 saturated carbocycles. The van der Waals surface area contributed by atoms with E-state index < -0.39 is 0 Å². The lowest BCUT2D eigenvalue weighted by Crippen LogP contribution is -2.05. The van der Waals surface area contributed by atoms with Crippen molar-refractivity contribution in [1.29, 1.82) is 0 Å². The molecule has 0 N–H and O–H groups in total. The Morgan fingerprint density at radius 3 is 1.79 bits per heavy atom. The van der Waals surface area contributed by atoms with Gasteiger partial charge >= 0.3 is 0 Å². The SMILES string of the molecule is CCCCCCCCCC(=O)Cc1ccc(OCc2ccccc2)c(OCc2ccccc2)c1. The van der Waals surface area contributed by atoms with Crippen LogP contribution in [0.25, 0.3) is 0 Å². The second-order valence-corrected chi connectivity index (χ2v) is 8.92. The first-order valence-corrected chi connectivity index (χ1v) is 12.7. The van der Waals surface area contributed by atoms with Gasteiger partial charge in [0.25, 0.3) is 0 Å². The summed E-state index contributed by atoms with van der Waals surface area (Å²) in [5.74, 6) is 1.67. The maximum Gasteiger partial charge on any atom is 0.161 e. The van der Waals surface area contributed by atoms with Gasteiger partial charge in [-0.15, -0.1) is 0 Å². The van der Waals surface area contributed by atoms with Gasteiger partial charge in [-0.05, 0) is 35.2 Å². The molecular formula is C31H38O3. The quantitative estimate of drug-likeness (QED) is 0.203. The largest absolute Gasteiger partial charge is 0.485 e. The molecule has 0 aliphatic carbocycles. The molecule has 3 aromatic carbocycles. The Kier molecular flexibility index (Phi) is 11.2. The van der Waals surface area contributed by atoms with E-state index in [1.807, 2.05) is 78.9 Å². The van der Waals surface area contributed by atoms with Crippen LogP contribution in [0.4, 0.5) is 0 Å². The van der Waals surface area contributed by atoms with Gasteiger partial charge in [-0.1, -0.05) is 112 Å². The fourth-order valence-corrected chi connectivity index (χ4v) is 3.96. The van der Waals surface area contributed by atoms with Crippen LogP contribution in [0.2, 0.25) is 0 Å². The van der Waals surface area contributed by atoms with Gasteiger partial charge in [0.15, 0.2) is 11.5 Å². The molecule has 3 rings (SSSR count). The van der Waals surface area contributed by atoms with E-state index in [0.717, 1.165) is 29.5 Å². The van der Waals surface area contributed by atoms with Crippen LogP contribution in [0.3, 0.4) is 0 Å². The number of unbranched alkanes of at least 4 members (excludes halogenated alkanes) is 6. The molecule has 0 aliphatic heterocycles. The summed E-state index contributed by atoms with van der Waals surface area (Å²) in [4.78, 5) is 12.6. The van der Waals surface area contributed by atoms with Crippen LogP contribution < -0.4 is 9.47 Å². The average molecular weight is 459 g/mol. The molecule has 3 heteroatoms. The van der Waals surface area contributed by atoms with E-state index in [1.54, 1.807) is 0 Å². The first-order chi connectivity index (χ1) is 16.7. The highest BCUT2D eigenvalue weighted by molar-refractivity contribution is 5.81. The molecule has 34 heavy (non-hydrogen) atoms. The minimum absolute atomic E-state index is 0.292. The summed E-state index contributed by atoms with van der Waals surface area (Å²) in [5, 5.41) is 0. The van der Waals surface area contributed by atoms with Gasteiger partial charge in [-0.25, -0.2) is 0 Å². The second-order valence-electron chi connectivity index (χ2n) is 8.92. The summed E-state index contributed by atoms with van der Waals surface area (Å²) in [6, 6.07) is 26.1. The number of Topliss-reactive ketones (excluding diaryl/α,β-unsaturated/α-hetero) is 1. The van der Waals surface area contributed by atoms with Crippen molar-refractivity contribution in [2.24, 2.45) is 0 Å². The third kappa shape index (κ3) is 9.43. The molecule has 0 heterocycles. The van der Waals surface area contributed by atoms with Gasteiger partial charge in [0.2, 0.25) is 0 Å². The average Bonchev–Trinajstić information content (AvgIpc) is 2.87. The Labute approximate surface area is 205 Å². The number of benzene rings is 3. The maximum atomic E-state index is 12.6. The van der Waals surface area contributed by atoms with Crippen molar-refractivity contribution in [3.8, 4) is 11.5 Å². The maximum absolute atomic E-state index is 12.6. The van der Waals surface area contributed by atoms with Crippen molar-refractivity contribution in [3.05, 3.63) is 95.6 Å². The molecule has 3 nitrogen and oxygen atoms in total. The number of hydrogen-bond donors (Lipinski definition) is 0. The molecule has 0 aliphatic rings. The zero-order valence-electron chi connectivity index (χ0n) is 20.5. The Bertz CT molecular complexity index is 966. The molecule has 0 fully saturated rings. The number of rotatable bonds is 16. The van der Waals surface area contributed by atoms with Crippen LogP contribution >= 0.6 is 0 Å². The molecule has 0 amide bonds. The van der Waals surface area contributed by atoms with Crippen molar-refractivity contribution in [2.45, 2.75) is 77.9 Å². The zero-order chi connectivity index (χ0) is 23.8. The minimum atomic E-state index is 0.292. The van der Waals surface area contributed by atoms with Crippen LogP contribution in [-0.2, 0) is 24.4 Å². The van der Waals surface area contributed by atoms with E-state index in [1.165, 1.54) is 32.1 Å². The Morgan fingerprint density at radius 1 is 0.618 bits per heavy atom. The Balaban J connectivity index is 1.56. The van der Waals surface area contributed by atoms with Crippen molar-refractivity contribution in [3.63, 3.8) is 0 Å². The molecule has 0 atom stereocenters. The summed E-state index contributed by atoms with van der Waals surface area (Å²) in [5.41, 5.74) is 3.17. The summed E-state index contributed by atoms with van der Waals surface area (Å²) in [6.45, 7) is 3.16. The number of carbonyl (C=O) groups is 1. The van der Waals surface area contributed by atoms with Crippen LogP contribution in [0.5, 0.6) is 11.5 Å². The molecule has 0 aromatic heterocycles. The Hall–Kier alpha value is -3.07. The molecule has 3 aromatic rings. The molecule has 0 radical (unpaired) electrons. The monoisotopic (exact) mass is 458 g/mol. The number of hydrogen-bond acceptors (Lipinski definition) is 3. The summed E-state index contributed by atoms with van der Waals surface area (Å²) >= 11 is 0. The first kappa shape index (κ1) is 25.6. The predicted octanol–water partition coefficient (Wildman–Crippen LogP) is 8.10. The summed E-state index contributed by atoms with van der Waals surface area (Å²) in [7, 11) is 0. The molecule has 0 bridgehead atoms. The summed E-state index contributed by atoms with van der Waals surface area (Å²) < 4.78 is 12.2. The third-order valence-electron chi connectivity index (χ3n) is 5.94. The predicted molar refractivity (Wildman–Crippen MR) is 139 cm³/mol. The Morgan fingerprint density at radius 2 is 1.18 bits per heavy atom. The van der Waals surface area contributed by atoms with Crippen molar-refractivity contribution in [1.82, 2.24) is 0 Å². The molecular weight excluding hydrogens is 420 g/mol. The first-order valence-electron chi connectivity index (χ1n) is 12.7. The lowest BCUT2D eigenvalue weighted by atomic mass is 10.0. The van der Waals surface area contributed by atoms with Crippen LogP contribution in [0.1, 0.15) is 75.0 Å². The fourth-order valence-electron chi connectivity index (χ4n) is 3.96. The van der Waals surface area contributed by atoms with Gasteiger partial charge in [0.05, 0.1) is 0 Å². The molecule has 0 unspecified atom stereocenters. The van der Waals surface area contributed by atoms with Crippen molar-refractivity contribution in [2.75, 3.05) is 0 Å². The lowest BCUT2D eigenvalue weighted by Gasteiger charge is -2.15. The van der Waals surface area contributed by atoms with Crippen LogP contribution in [-0.4, -0.2) is 5.78 Å². The fraction of sp³-hybridized carbons (Fsp3) is 0.387. The molecule has 0 saturated heterocycles. The van der Waals surface area contributed by atoms with Gasteiger partial charge in [0, 0.05) is 12.8 Å². The van der Waals surface area contributed by atoms with Gasteiger partial charge in [0.1, 0.15) is 19.0 Å². The topological polar surface area (TPSA) is 35.5 Å². The third-order valence-corrected chi connectivity index (χ3v) is 5.94. The molecule has 180 valence electrons. The van der Waals surface area contributed by atoms with E-state index in [4.69, 9.17) is 9.47 Å². The normalized spacial score (nSPS) is 10.7. The van der Waals surface area contributed by atoms with Gasteiger partial charge in [-0.2, -0.15) is 0 Å². The van der Waals surface area contributed by atoms with E-state index in [9.17, 15) is 4.79 Å². The van der Waals surface area contributed by atoms with Gasteiger partial charge in [-0.3, -0.25) is 4.79 Å². The number of ketones is 1. The summed E-state index contributed by atoms with van der Waals surface area (Å²) in [6.07, 6.45) is 9.65. The van der Waals surface area contributed by atoms with E-state index >= 15 is 0 Å². The van der Waals surface area contributed by atoms with Crippen LogP contribution in [0, 0.1) is 0 Å². The highest BCUT2D eigenvalue weighted by Gasteiger charge is 2.11. The highest BCUT2D eigenvalue weighted by atomic mass is 16.5. The van der Waals surface area contributed by atoms with Crippen molar-refractivity contribution < 1.29 is 14.3 Å². The van der Waals surface area contributed by atoms with E-state index in [0.29, 0.717) is 43.3 Å². The van der Waals surface area contributed by atoms with Crippen LogP contribution in [0.15, 0.2) is 78.9 Å². The van der Waals surface area contributed by atoms with Gasteiger partial charge < -0.3 is 9.47 Å². The second kappa shape index (κ2) is 15.0. The number of ether oxygens (including phenoxy) is 2. The number of carbonyl (C=O) groups excluding carboxylic acids is 1. The molecule has 0 spiro atoms. The smallest absolute Gasteiger partial charge is 0.161 e. The van der Waals surface area contributed by atoms with E-state index in [-0.39, 0.29) is 0 Å². The standard InChI is InChI=1S/C31H38O3/c1-2-3-4-5-6-7-14-19-29(32)22-28-20-21-30(33-24-26-15-10-8-11-16-26)31(23-28)34-25-27-17-12-9-13-18-27/h8-13,15-18,20-21,23H,2-7,14,19,22,24-25H2,1H3. The van der Waals surface area contributed by atoms with Crippen molar-refractivity contribution >= 4 is 5.78 Å². The lowest BCUT2D eigenvalue weighted by molar-refractivity contribution is -0.118. The minimum Gasteiger partial charge on any atom is -0.485 e. The zero-order valence-corrected chi connectivity index (χ0v) is 20.5. The van der Waals surface area contributed by atoms with E-state index in [2.05, 4.69) is 6.92 Å². The highest BCUT2D eigenvalue weighted by Crippen LogP contribution is 2.30.